The fraction of sp³-hybridized carbons (Fsp3) is 0.900. The maximum absolute atomic E-state index is 9.00. The summed E-state index contributed by atoms with van der Waals surface area (Å²) in [6.07, 6.45) is 0. The Kier molecular flexibility index (Phi) is 4.33. The smallest absolute Gasteiger partial charge is 0.0950 e. The zero-order valence-corrected chi connectivity index (χ0v) is 8.98. The molecule has 0 radical (unpaired) electrons. The lowest BCUT2D eigenvalue weighted by Gasteiger charge is -2.38. The van der Waals surface area contributed by atoms with Gasteiger partial charge in [0.15, 0.2) is 0 Å². The lowest BCUT2D eigenvalue weighted by atomic mass is 10.2. The van der Waals surface area contributed by atoms with Gasteiger partial charge >= 0.3 is 0 Å². The molecule has 2 unspecified atom stereocenters. The van der Waals surface area contributed by atoms with Gasteiger partial charge in [0.2, 0.25) is 0 Å². The fourth-order valence-corrected chi connectivity index (χ4v) is 1.76. The molecule has 1 aliphatic rings. The number of hydrogen-bond donors (Lipinski definition) is 1. The van der Waals surface area contributed by atoms with Crippen molar-refractivity contribution in [3.05, 3.63) is 0 Å². The zero-order chi connectivity index (χ0) is 10.6. The second kappa shape index (κ2) is 5.30. The molecular formula is C10H19N3O. The van der Waals surface area contributed by atoms with Gasteiger partial charge in [0.05, 0.1) is 18.7 Å². The number of aliphatic hydroxyl groups is 1. The number of piperazine rings is 1. The highest BCUT2D eigenvalue weighted by Gasteiger charge is 2.23. The molecular weight excluding hydrogens is 178 g/mol. The number of rotatable bonds is 3. The van der Waals surface area contributed by atoms with Gasteiger partial charge in [0.1, 0.15) is 0 Å². The quantitative estimate of drug-likeness (QED) is 0.686. The normalized spacial score (nSPS) is 24.1. The summed E-state index contributed by atoms with van der Waals surface area (Å²) in [5, 5.41) is 17.8. The second-order valence-electron chi connectivity index (χ2n) is 3.91. The molecule has 0 aromatic heterocycles. The minimum atomic E-state index is 0.0154. The first kappa shape index (κ1) is 11.4. The standard InChI is InChI=1S/C10H19N3O/c1-9(7-11)12-3-5-13(6-4-12)10(2)8-14/h9-10,14H,3-6,8H2,1-2H3. The van der Waals surface area contributed by atoms with Crippen molar-refractivity contribution in [2.75, 3.05) is 32.8 Å². The summed E-state index contributed by atoms with van der Waals surface area (Å²) in [5.74, 6) is 0. The van der Waals surface area contributed by atoms with Crippen LogP contribution in [-0.4, -0.2) is 59.8 Å². The van der Waals surface area contributed by atoms with E-state index in [1.54, 1.807) is 0 Å². The molecule has 1 aliphatic heterocycles. The van der Waals surface area contributed by atoms with Crippen LogP contribution in [-0.2, 0) is 0 Å². The largest absolute Gasteiger partial charge is 0.395 e. The van der Waals surface area contributed by atoms with Crippen LogP contribution in [0, 0.1) is 11.3 Å². The Bertz CT molecular complexity index is 206. The third-order valence-corrected chi connectivity index (χ3v) is 2.97. The summed E-state index contributed by atoms with van der Waals surface area (Å²) in [4.78, 5) is 4.45. The van der Waals surface area contributed by atoms with Crippen LogP contribution in [0.4, 0.5) is 0 Å². The van der Waals surface area contributed by atoms with Crippen molar-refractivity contribution in [3.63, 3.8) is 0 Å². The molecule has 0 spiro atoms. The number of nitrogens with zero attached hydrogens (tertiary/aromatic N) is 3. The molecule has 0 aromatic rings. The van der Waals surface area contributed by atoms with Gasteiger partial charge in [-0.05, 0) is 13.8 Å². The molecule has 1 fully saturated rings. The second-order valence-corrected chi connectivity index (χ2v) is 3.91. The van der Waals surface area contributed by atoms with Gasteiger partial charge in [-0.15, -0.1) is 0 Å². The molecule has 0 saturated carbocycles. The minimum Gasteiger partial charge on any atom is -0.395 e. The monoisotopic (exact) mass is 197 g/mol. The minimum absolute atomic E-state index is 0.0154. The summed E-state index contributed by atoms with van der Waals surface area (Å²) < 4.78 is 0. The van der Waals surface area contributed by atoms with E-state index in [0.29, 0.717) is 0 Å². The van der Waals surface area contributed by atoms with Crippen molar-refractivity contribution in [2.45, 2.75) is 25.9 Å². The summed E-state index contributed by atoms with van der Waals surface area (Å²) in [6.45, 7) is 7.95. The Morgan fingerprint density at radius 3 is 2.14 bits per heavy atom. The Balaban J connectivity index is 2.35. The Hall–Kier alpha value is -0.630. The van der Waals surface area contributed by atoms with E-state index in [9.17, 15) is 0 Å². The maximum atomic E-state index is 9.00. The van der Waals surface area contributed by atoms with Crippen LogP contribution >= 0.6 is 0 Å². The molecule has 1 rings (SSSR count). The topological polar surface area (TPSA) is 50.5 Å². The van der Waals surface area contributed by atoms with Crippen LogP contribution in [0.25, 0.3) is 0 Å². The Morgan fingerprint density at radius 1 is 1.21 bits per heavy atom. The average molecular weight is 197 g/mol. The zero-order valence-electron chi connectivity index (χ0n) is 8.98. The predicted molar refractivity (Wildman–Crippen MR) is 54.8 cm³/mol. The summed E-state index contributed by atoms with van der Waals surface area (Å²) >= 11 is 0. The summed E-state index contributed by atoms with van der Waals surface area (Å²) in [7, 11) is 0. The van der Waals surface area contributed by atoms with E-state index in [4.69, 9.17) is 10.4 Å². The summed E-state index contributed by atoms with van der Waals surface area (Å²) in [5.41, 5.74) is 0. The highest BCUT2D eigenvalue weighted by Crippen LogP contribution is 2.08. The van der Waals surface area contributed by atoms with Crippen molar-refractivity contribution in [1.82, 2.24) is 9.80 Å². The van der Waals surface area contributed by atoms with Crippen LogP contribution in [0.3, 0.4) is 0 Å². The van der Waals surface area contributed by atoms with E-state index in [-0.39, 0.29) is 18.7 Å². The summed E-state index contributed by atoms with van der Waals surface area (Å²) in [6, 6.07) is 2.51. The van der Waals surface area contributed by atoms with E-state index in [2.05, 4.69) is 15.9 Å². The SMILES string of the molecule is CC(C#N)N1CCN(C(C)CO)CC1. The third kappa shape index (κ3) is 2.68. The van der Waals surface area contributed by atoms with Crippen LogP contribution in [0.2, 0.25) is 0 Å². The van der Waals surface area contributed by atoms with Crippen LogP contribution in [0.15, 0.2) is 0 Å². The molecule has 4 heteroatoms. The predicted octanol–water partition coefficient (Wildman–Crippen LogP) is -0.103. The van der Waals surface area contributed by atoms with Gasteiger partial charge in [-0.1, -0.05) is 0 Å². The lowest BCUT2D eigenvalue weighted by molar-refractivity contribution is 0.0663. The van der Waals surface area contributed by atoms with Crippen molar-refractivity contribution < 1.29 is 5.11 Å². The molecule has 4 nitrogen and oxygen atoms in total. The van der Waals surface area contributed by atoms with Gasteiger partial charge in [-0.2, -0.15) is 5.26 Å². The molecule has 0 amide bonds. The van der Waals surface area contributed by atoms with Crippen LogP contribution in [0.1, 0.15) is 13.8 Å². The molecule has 80 valence electrons. The van der Waals surface area contributed by atoms with Gasteiger partial charge in [-0.3, -0.25) is 9.80 Å². The van der Waals surface area contributed by atoms with Crippen molar-refractivity contribution in [3.8, 4) is 6.07 Å². The molecule has 0 aliphatic carbocycles. The van der Waals surface area contributed by atoms with E-state index < -0.39 is 0 Å². The van der Waals surface area contributed by atoms with E-state index in [1.165, 1.54) is 0 Å². The van der Waals surface area contributed by atoms with Crippen molar-refractivity contribution in [2.24, 2.45) is 0 Å². The molecule has 0 bridgehead atoms. The van der Waals surface area contributed by atoms with Crippen molar-refractivity contribution in [1.29, 1.82) is 5.26 Å². The number of nitriles is 1. The van der Waals surface area contributed by atoms with Gasteiger partial charge in [0, 0.05) is 32.2 Å². The van der Waals surface area contributed by atoms with Crippen LogP contribution in [0.5, 0.6) is 0 Å². The molecule has 0 aromatic carbocycles. The average Bonchev–Trinajstić information content (AvgIpc) is 2.27. The van der Waals surface area contributed by atoms with Gasteiger partial charge < -0.3 is 5.11 Å². The van der Waals surface area contributed by atoms with Crippen molar-refractivity contribution >= 4 is 0 Å². The van der Waals surface area contributed by atoms with Gasteiger partial charge in [0.25, 0.3) is 0 Å². The number of hydrogen-bond acceptors (Lipinski definition) is 4. The molecule has 1 N–H and O–H groups in total. The Labute approximate surface area is 85.7 Å². The lowest BCUT2D eigenvalue weighted by Crippen LogP contribution is -2.52. The first-order valence-corrected chi connectivity index (χ1v) is 5.17. The fourth-order valence-electron chi connectivity index (χ4n) is 1.76. The third-order valence-electron chi connectivity index (χ3n) is 2.97. The van der Waals surface area contributed by atoms with Gasteiger partial charge in [-0.25, -0.2) is 0 Å². The highest BCUT2D eigenvalue weighted by molar-refractivity contribution is 4.90. The molecule has 14 heavy (non-hydrogen) atoms. The Morgan fingerprint density at radius 2 is 1.71 bits per heavy atom. The molecule has 2 atom stereocenters. The molecule has 1 heterocycles. The van der Waals surface area contributed by atoms with Crippen LogP contribution < -0.4 is 0 Å². The first-order valence-electron chi connectivity index (χ1n) is 5.17. The van der Waals surface area contributed by atoms with E-state index in [1.807, 2.05) is 13.8 Å². The first-order chi connectivity index (χ1) is 6.69. The van der Waals surface area contributed by atoms with E-state index >= 15 is 0 Å². The maximum Gasteiger partial charge on any atom is 0.0950 e. The molecule has 1 saturated heterocycles. The van der Waals surface area contributed by atoms with E-state index in [0.717, 1.165) is 26.2 Å². The number of aliphatic hydroxyl groups excluding tert-OH is 1. The highest BCUT2D eigenvalue weighted by atomic mass is 16.3.